The standard InChI is InChI=1S/C24H24N6OS/c25-18-5-7-19(8-6-18)30-14-2-3-21(30)20-16-32-24(27-20)28-23(31)22-4-1-13-29(22)15-17-9-11-26-12-10-17/h1,4-13,16,21H,2-3,14-15,25H2,(H,27,28,31)/t21-/m1/s1. The molecule has 7 nitrogen and oxygen atoms in total. The average Bonchev–Trinajstić information content (AvgIpc) is 3.55. The van der Waals surface area contributed by atoms with Crippen molar-refractivity contribution in [2.45, 2.75) is 25.4 Å². The largest absolute Gasteiger partial charge is 0.399 e. The van der Waals surface area contributed by atoms with Gasteiger partial charge in [0.15, 0.2) is 5.13 Å². The summed E-state index contributed by atoms with van der Waals surface area (Å²) >= 11 is 1.46. The number of hydrogen-bond acceptors (Lipinski definition) is 6. The number of carbonyl (C=O) groups is 1. The van der Waals surface area contributed by atoms with Crippen LogP contribution in [0.2, 0.25) is 0 Å². The summed E-state index contributed by atoms with van der Waals surface area (Å²) in [6, 6.07) is 15.8. The zero-order valence-electron chi connectivity index (χ0n) is 17.5. The summed E-state index contributed by atoms with van der Waals surface area (Å²) in [5.41, 5.74) is 10.4. The Bertz CT molecular complexity index is 1200. The van der Waals surface area contributed by atoms with Gasteiger partial charge in [-0.2, -0.15) is 0 Å². The molecular formula is C24H24N6OS. The van der Waals surface area contributed by atoms with Crippen LogP contribution in [0.5, 0.6) is 0 Å². The summed E-state index contributed by atoms with van der Waals surface area (Å²) in [5, 5.41) is 5.64. The van der Waals surface area contributed by atoms with E-state index in [1.165, 1.54) is 11.3 Å². The van der Waals surface area contributed by atoms with Gasteiger partial charge in [0.2, 0.25) is 0 Å². The van der Waals surface area contributed by atoms with Crippen molar-refractivity contribution in [3.05, 3.63) is 89.5 Å². The Morgan fingerprint density at radius 2 is 1.97 bits per heavy atom. The Kier molecular flexibility index (Phi) is 5.60. The molecule has 3 aromatic heterocycles. The number of nitrogens with zero attached hydrogens (tertiary/aromatic N) is 4. The van der Waals surface area contributed by atoms with E-state index in [1.54, 1.807) is 12.4 Å². The van der Waals surface area contributed by atoms with E-state index in [2.05, 4.69) is 27.3 Å². The zero-order chi connectivity index (χ0) is 21.9. The molecular weight excluding hydrogens is 420 g/mol. The van der Waals surface area contributed by atoms with Crippen LogP contribution in [0, 0.1) is 0 Å². The number of carbonyl (C=O) groups excluding carboxylic acids is 1. The molecule has 3 N–H and O–H groups in total. The fraction of sp³-hybridized carbons (Fsp3) is 0.208. The molecule has 162 valence electrons. The molecule has 0 spiro atoms. The van der Waals surface area contributed by atoms with E-state index in [0.717, 1.165) is 42.0 Å². The number of pyridine rings is 1. The molecule has 1 aliphatic rings. The lowest BCUT2D eigenvalue weighted by Crippen LogP contribution is -2.23. The van der Waals surface area contributed by atoms with Crippen molar-refractivity contribution in [3.8, 4) is 0 Å². The molecule has 1 aromatic carbocycles. The van der Waals surface area contributed by atoms with Crippen molar-refractivity contribution >= 4 is 33.8 Å². The quantitative estimate of drug-likeness (QED) is 0.426. The van der Waals surface area contributed by atoms with Crippen LogP contribution in [0.3, 0.4) is 0 Å². The predicted octanol–water partition coefficient (Wildman–Crippen LogP) is 4.56. The van der Waals surface area contributed by atoms with Gasteiger partial charge in [-0.25, -0.2) is 4.98 Å². The first-order chi connectivity index (χ1) is 15.7. The van der Waals surface area contributed by atoms with Gasteiger partial charge in [-0.15, -0.1) is 11.3 Å². The number of rotatable bonds is 6. The Hall–Kier alpha value is -3.65. The second-order valence-corrected chi connectivity index (χ2v) is 8.71. The molecule has 0 bridgehead atoms. The first kappa shape index (κ1) is 20.3. The van der Waals surface area contributed by atoms with Crippen LogP contribution in [0.1, 0.15) is 40.6 Å². The predicted molar refractivity (Wildman–Crippen MR) is 128 cm³/mol. The highest BCUT2D eigenvalue weighted by molar-refractivity contribution is 7.14. The van der Waals surface area contributed by atoms with Crippen molar-refractivity contribution < 1.29 is 4.79 Å². The topological polar surface area (TPSA) is 89.1 Å². The average molecular weight is 445 g/mol. The fourth-order valence-electron chi connectivity index (χ4n) is 4.15. The summed E-state index contributed by atoms with van der Waals surface area (Å²) in [6.07, 6.45) is 7.57. The molecule has 5 rings (SSSR count). The number of amides is 1. The molecule has 1 aliphatic heterocycles. The van der Waals surface area contributed by atoms with Gasteiger partial charge >= 0.3 is 0 Å². The maximum Gasteiger partial charge on any atom is 0.274 e. The van der Waals surface area contributed by atoms with E-state index in [0.29, 0.717) is 17.4 Å². The molecule has 1 fully saturated rings. The van der Waals surface area contributed by atoms with E-state index < -0.39 is 0 Å². The van der Waals surface area contributed by atoms with Crippen LogP contribution in [0.4, 0.5) is 16.5 Å². The first-order valence-corrected chi connectivity index (χ1v) is 11.5. The van der Waals surface area contributed by atoms with Gasteiger partial charge in [0.05, 0.1) is 11.7 Å². The lowest BCUT2D eigenvalue weighted by molar-refractivity contribution is 0.101. The minimum atomic E-state index is -0.160. The van der Waals surface area contributed by atoms with Gasteiger partial charge in [-0.05, 0) is 66.9 Å². The van der Waals surface area contributed by atoms with Crippen molar-refractivity contribution in [1.29, 1.82) is 0 Å². The summed E-state index contributed by atoms with van der Waals surface area (Å²) < 4.78 is 1.93. The number of nitrogen functional groups attached to an aromatic ring is 1. The highest BCUT2D eigenvalue weighted by Gasteiger charge is 2.28. The lowest BCUT2D eigenvalue weighted by atomic mass is 10.1. The Morgan fingerprint density at radius 1 is 1.16 bits per heavy atom. The van der Waals surface area contributed by atoms with Gasteiger partial charge in [-0.3, -0.25) is 15.1 Å². The minimum Gasteiger partial charge on any atom is -0.399 e. The second kappa shape index (κ2) is 8.84. The number of anilines is 3. The highest BCUT2D eigenvalue weighted by atomic mass is 32.1. The molecule has 0 radical (unpaired) electrons. The van der Waals surface area contributed by atoms with Gasteiger partial charge in [0, 0.05) is 48.4 Å². The molecule has 1 atom stereocenters. The van der Waals surface area contributed by atoms with E-state index >= 15 is 0 Å². The van der Waals surface area contributed by atoms with Crippen LogP contribution in [-0.2, 0) is 6.54 Å². The number of nitrogens with two attached hydrogens (primary N) is 1. The maximum absolute atomic E-state index is 12.9. The third kappa shape index (κ3) is 4.22. The van der Waals surface area contributed by atoms with Crippen molar-refractivity contribution in [2.24, 2.45) is 0 Å². The highest BCUT2D eigenvalue weighted by Crippen LogP contribution is 2.37. The monoisotopic (exact) mass is 444 g/mol. The molecule has 0 aliphatic carbocycles. The molecule has 0 unspecified atom stereocenters. The van der Waals surface area contributed by atoms with Gasteiger partial charge < -0.3 is 15.2 Å². The Labute approximate surface area is 190 Å². The molecule has 4 aromatic rings. The molecule has 4 heterocycles. The zero-order valence-corrected chi connectivity index (χ0v) is 18.3. The summed E-state index contributed by atoms with van der Waals surface area (Å²) in [7, 11) is 0. The third-order valence-corrected chi connectivity index (χ3v) is 6.50. The van der Waals surface area contributed by atoms with Crippen LogP contribution >= 0.6 is 11.3 Å². The lowest BCUT2D eigenvalue weighted by Gasteiger charge is -2.25. The van der Waals surface area contributed by atoms with E-state index in [9.17, 15) is 4.79 Å². The Balaban J connectivity index is 1.29. The molecule has 8 heteroatoms. The summed E-state index contributed by atoms with van der Waals surface area (Å²) in [4.78, 5) is 24.1. The smallest absolute Gasteiger partial charge is 0.274 e. The molecule has 32 heavy (non-hydrogen) atoms. The number of benzene rings is 1. The normalized spacial score (nSPS) is 15.8. The molecule has 1 saturated heterocycles. The Morgan fingerprint density at radius 3 is 2.78 bits per heavy atom. The number of thiazole rings is 1. The van der Waals surface area contributed by atoms with E-state index in [-0.39, 0.29) is 11.9 Å². The molecule has 0 saturated carbocycles. The van der Waals surface area contributed by atoms with Crippen LogP contribution in [-0.4, -0.2) is 27.0 Å². The SMILES string of the molecule is Nc1ccc(N2CCC[C@@H]2c2csc(NC(=O)c3cccn3Cc3ccncc3)n2)cc1. The van der Waals surface area contributed by atoms with Crippen LogP contribution in [0.25, 0.3) is 0 Å². The van der Waals surface area contributed by atoms with E-state index in [1.807, 2.05) is 52.5 Å². The summed E-state index contributed by atoms with van der Waals surface area (Å²) in [6.45, 7) is 1.59. The van der Waals surface area contributed by atoms with Gasteiger partial charge in [0.25, 0.3) is 5.91 Å². The summed E-state index contributed by atoms with van der Waals surface area (Å²) in [5.74, 6) is -0.160. The van der Waals surface area contributed by atoms with Crippen LogP contribution < -0.4 is 16.0 Å². The van der Waals surface area contributed by atoms with Gasteiger partial charge in [-0.1, -0.05) is 0 Å². The third-order valence-electron chi connectivity index (χ3n) is 5.73. The van der Waals surface area contributed by atoms with Crippen LogP contribution in [0.15, 0.2) is 72.5 Å². The number of nitrogens with one attached hydrogen (secondary N) is 1. The molecule has 1 amide bonds. The van der Waals surface area contributed by atoms with Crippen molar-refractivity contribution in [1.82, 2.24) is 14.5 Å². The number of aromatic nitrogens is 3. The van der Waals surface area contributed by atoms with E-state index in [4.69, 9.17) is 10.7 Å². The van der Waals surface area contributed by atoms with Gasteiger partial charge in [0.1, 0.15) is 5.69 Å². The first-order valence-electron chi connectivity index (χ1n) is 10.6. The van der Waals surface area contributed by atoms with Crippen molar-refractivity contribution in [3.63, 3.8) is 0 Å². The minimum absolute atomic E-state index is 0.160. The fourth-order valence-corrected chi connectivity index (χ4v) is 4.90. The second-order valence-electron chi connectivity index (χ2n) is 7.85. The van der Waals surface area contributed by atoms with Crippen molar-refractivity contribution in [2.75, 3.05) is 22.5 Å². The maximum atomic E-state index is 12.9. The number of hydrogen-bond donors (Lipinski definition) is 2.